The van der Waals surface area contributed by atoms with Gasteiger partial charge in [0.2, 0.25) is 0 Å². The van der Waals surface area contributed by atoms with Gasteiger partial charge in [0.15, 0.2) is 0 Å². The van der Waals surface area contributed by atoms with E-state index in [1.807, 2.05) is 37.4 Å². The maximum atomic E-state index is 6.05. The van der Waals surface area contributed by atoms with E-state index in [9.17, 15) is 0 Å². The number of likely N-dealkylation sites (tertiary alicyclic amines) is 1. The Kier molecular flexibility index (Phi) is 4.45. The van der Waals surface area contributed by atoms with Crippen LogP contribution in [0.25, 0.3) is 0 Å². The molecule has 1 N–H and O–H groups in total. The highest BCUT2D eigenvalue weighted by atomic mass is 16.5. The van der Waals surface area contributed by atoms with Crippen molar-refractivity contribution in [1.82, 2.24) is 14.9 Å². The lowest BCUT2D eigenvalue weighted by Gasteiger charge is -2.20. The largest absolute Gasteiger partial charge is 0.376 e. The van der Waals surface area contributed by atoms with Crippen molar-refractivity contribution in [2.24, 2.45) is 11.8 Å². The number of hydrogen-bond donors (Lipinski definition) is 1. The lowest BCUT2D eigenvalue weighted by atomic mass is 9.93. The van der Waals surface area contributed by atoms with Gasteiger partial charge in [-0.15, -0.1) is 0 Å². The molecule has 0 saturated carbocycles. The molecule has 24 heavy (non-hydrogen) atoms. The number of fused-ring (bicyclic) bond motifs is 1. The topological polar surface area (TPSA) is 50.3 Å². The zero-order valence-corrected chi connectivity index (χ0v) is 14.1. The Labute approximate surface area is 143 Å². The maximum absolute atomic E-state index is 6.05. The van der Waals surface area contributed by atoms with Crippen molar-refractivity contribution in [3.05, 3.63) is 54.0 Å². The van der Waals surface area contributed by atoms with E-state index in [-0.39, 0.29) is 0 Å². The van der Waals surface area contributed by atoms with Crippen molar-refractivity contribution in [2.75, 3.05) is 31.6 Å². The third kappa shape index (κ3) is 3.42. The molecule has 2 aliphatic heterocycles. The molecule has 2 saturated heterocycles. The molecule has 0 spiro atoms. The zero-order valence-electron chi connectivity index (χ0n) is 14.1. The fraction of sp³-hybridized carbons (Fsp3) is 0.474. The van der Waals surface area contributed by atoms with Gasteiger partial charge in [-0.3, -0.25) is 9.88 Å². The molecule has 126 valence electrons. The van der Waals surface area contributed by atoms with Crippen LogP contribution >= 0.6 is 0 Å². The van der Waals surface area contributed by atoms with Gasteiger partial charge in [0.25, 0.3) is 0 Å². The smallest absolute Gasteiger partial charge is 0.125 e. The standard InChI is InChI=1S/C19H24N4O/c1-14-5-4-6-16(22-14)10-23-11-17-15(13-24-18(17)12-23)9-21-19-7-2-3-8-20-19/h2-8,15,17-18H,9-13H2,1H3,(H,20,21)/t15-,17+,18+/m1/s1. The number of nitrogens with one attached hydrogen (secondary N) is 1. The molecule has 4 heterocycles. The van der Waals surface area contributed by atoms with Crippen LogP contribution in [0.4, 0.5) is 5.82 Å². The number of aromatic nitrogens is 2. The predicted molar refractivity (Wildman–Crippen MR) is 93.7 cm³/mol. The first-order valence-electron chi connectivity index (χ1n) is 8.69. The summed E-state index contributed by atoms with van der Waals surface area (Å²) in [6.07, 6.45) is 2.19. The van der Waals surface area contributed by atoms with E-state index in [4.69, 9.17) is 4.74 Å². The first-order valence-corrected chi connectivity index (χ1v) is 8.69. The SMILES string of the molecule is Cc1cccc(CN2C[C@H]3[C@H](CNc4ccccn4)CO[C@H]3C2)n1. The molecule has 0 amide bonds. The third-order valence-electron chi connectivity index (χ3n) is 5.06. The molecular formula is C19H24N4O. The summed E-state index contributed by atoms with van der Waals surface area (Å²) < 4.78 is 6.05. The van der Waals surface area contributed by atoms with Crippen molar-refractivity contribution in [2.45, 2.75) is 19.6 Å². The molecule has 2 fully saturated rings. The molecule has 2 aromatic heterocycles. The van der Waals surface area contributed by atoms with Crippen LogP contribution in [0.15, 0.2) is 42.6 Å². The van der Waals surface area contributed by atoms with Gasteiger partial charge in [-0.1, -0.05) is 12.1 Å². The zero-order chi connectivity index (χ0) is 16.4. The minimum absolute atomic E-state index is 0.366. The maximum Gasteiger partial charge on any atom is 0.125 e. The molecule has 0 radical (unpaired) electrons. The van der Waals surface area contributed by atoms with Crippen LogP contribution < -0.4 is 5.32 Å². The number of ether oxygens (including phenoxy) is 1. The lowest BCUT2D eigenvalue weighted by molar-refractivity contribution is 0.0944. The Morgan fingerprint density at radius 2 is 2.17 bits per heavy atom. The minimum atomic E-state index is 0.366. The second-order valence-corrected chi connectivity index (χ2v) is 6.86. The van der Waals surface area contributed by atoms with Gasteiger partial charge < -0.3 is 10.1 Å². The molecule has 0 unspecified atom stereocenters. The van der Waals surface area contributed by atoms with Crippen LogP contribution in [0.5, 0.6) is 0 Å². The van der Waals surface area contributed by atoms with Gasteiger partial charge in [-0.25, -0.2) is 4.98 Å². The molecule has 0 aliphatic carbocycles. The summed E-state index contributed by atoms with van der Waals surface area (Å²) in [6, 6.07) is 12.2. The molecule has 3 atom stereocenters. The number of aryl methyl sites for hydroxylation is 1. The van der Waals surface area contributed by atoms with Crippen molar-refractivity contribution < 1.29 is 4.74 Å². The van der Waals surface area contributed by atoms with Crippen molar-refractivity contribution in [3.8, 4) is 0 Å². The molecule has 0 bridgehead atoms. The average Bonchev–Trinajstić information content (AvgIpc) is 3.14. The van der Waals surface area contributed by atoms with E-state index >= 15 is 0 Å². The van der Waals surface area contributed by atoms with Crippen LogP contribution in [-0.4, -0.2) is 47.2 Å². The van der Waals surface area contributed by atoms with Crippen LogP contribution in [0.3, 0.4) is 0 Å². The number of pyridine rings is 2. The lowest BCUT2D eigenvalue weighted by Crippen LogP contribution is -2.27. The monoisotopic (exact) mass is 324 g/mol. The van der Waals surface area contributed by atoms with Gasteiger partial charge >= 0.3 is 0 Å². The summed E-state index contributed by atoms with van der Waals surface area (Å²) in [5.41, 5.74) is 2.23. The first-order chi connectivity index (χ1) is 11.8. The van der Waals surface area contributed by atoms with Gasteiger partial charge in [0.1, 0.15) is 5.82 Å². The van der Waals surface area contributed by atoms with Gasteiger partial charge in [-0.05, 0) is 31.2 Å². The summed E-state index contributed by atoms with van der Waals surface area (Å²) in [5.74, 6) is 2.10. The summed E-state index contributed by atoms with van der Waals surface area (Å²) in [5, 5.41) is 3.45. The molecule has 5 heteroatoms. The van der Waals surface area contributed by atoms with Gasteiger partial charge in [0.05, 0.1) is 18.4 Å². The second-order valence-electron chi connectivity index (χ2n) is 6.86. The molecule has 2 aromatic rings. The van der Waals surface area contributed by atoms with E-state index in [2.05, 4.69) is 32.3 Å². The fourth-order valence-electron chi connectivity index (χ4n) is 3.84. The molecule has 2 aliphatic rings. The first kappa shape index (κ1) is 15.5. The number of anilines is 1. The summed E-state index contributed by atoms with van der Waals surface area (Å²) in [4.78, 5) is 11.4. The van der Waals surface area contributed by atoms with E-state index < -0.39 is 0 Å². The Bertz CT molecular complexity index is 678. The number of hydrogen-bond acceptors (Lipinski definition) is 5. The Morgan fingerprint density at radius 1 is 1.21 bits per heavy atom. The van der Waals surface area contributed by atoms with Gasteiger partial charge in [0, 0.05) is 49.9 Å². The van der Waals surface area contributed by atoms with Crippen LogP contribution in [0.1, 0.15) is 11.4 Å². The Balaban J connectivity index is 1.33. The molecule has 4 rings (SSSR count). The quantitative estimate of drug-likeness (QED) is 0.915. The van der Waals surface area contributed by atoms with E-state index in [0.717, 1.165) is 50.0 Å². The highest BCUT2D eigenvalue weighted by Gasteiger charge is 2.43. The van der Waals surface area contributed by atoms with Crippen molar-refractivity contribution >= 4 is 5.82 Å². The second kappa shape index (κ2) is 6.87. The van der Waals surface area contributed by atoms with Crippen molar-refractivity contribution in [1.29, 1.82) is 0 Å². The van der Waals surface area contributed by atoms with Crippen LogP contribution in [-0.2, 0) is 11.3 Å². The molecule has 5 nitrogen and oxygen atoms in total. The van der Waals surface area contributed by atoms with E-state index in [0.29, 0.717) is 17.9 Å². The normalized spacial score (nSPS) is 26.5. The van der Waals surface area contributed by atoms with E-state index in [1.165, 1.54) is 0 Å². The highest BCUT2D eigenvalue weighted by molar-refractivity contribution is 5.33. The highest BCUT2D eigenvalue weighted by Crippen LogP contribution is 2.34. The summed E-state index contributed by atoms with van der Waals surface area (Å²) in [6.45, 7) is 6.85. The van der Waals surface area contributed by atoms with E-state index in [1.54, 1.807) is 0 Å². The van der Waals surface area contributed by atoms with Crippen LogP contribution in [0, 0.1) is 18.8 Å². The van der Waals surface area contributed by atoms with Crippen molar-refractivity contribution in [3.63, 3.8) is 0 Å². The predicted octanol–water partition coefficient (Wildman–Crippen LogP) is 2.34. The summed E-state index contributed by atoms with van der Waals surface area (Å²) >= 11 is 0. The average molecular weight is 324 g/mol. The fourth-order valence-corrected chi connectivity index (χ4v) is 3.84. The number of nitrogens with zero attached hydrogens (tertiary/aromatic N) is 3. The minimum Gasteiger partial charge on any atom is -0.376 e. The third-order valence-corrected chi connectivity index (χ3v) is 5.06. The molecule has 0 aromatic carbocycles. The Hall–Kier alpha value is -1.98. The van der Waals surface area contributed by atoms with Gasteiger partial charge in [-0.2, -0.15) is 0 Å². The Morgan fingerprint density at radius 3 is 3.00 bits per heavy atom. The summed E-state index contributed by atoms with van der Waals surface area (Å²) in [7, 11) is 0. The number of rotatable bonds is 5. The molecular weight excluding hydrogens is 300 g/mol. The van der Waals surface area contributed by atoms with Crippen LogP contribution in [0.2, 0.25) is 0 Å².